The monoisotopic (exact) mass is 317 g/mol. The Bertz CT molecular complexity index is 677. The molecule has 0 saturated carbocycles. The molecular formula is C15H15N3O3S. The van der Waals surface area contributed by atoms with Gasteiger partial charge in [0.1, 0.15) is 11.4 Å². The average molecular weight is 317 g/mol. The lowest BCUT2D eigenvalue weighted by molar-refractivity contribution is -0.384. The van der Waals surface area contributed by atoms with E-state index in [0.717, 1.165) is 5.69 Å². The molecule has 0 radical (unpaired) electrons. The van der Waals surface area contributed by atoms with Gasteiger partial charge in [-0.3, -0.25) is 10.1 Å². The van der Waals surface area contributed by atoms with Crippen molar-refractivity contribution in [2.45, 2.75) is 6.92 Å². The normalized spacial score (nSPS) is 9.86. The third kappa shape index (κ3) is 4.16. The molecule has 0 heterocycles. The van der Waals surface area contributed by atoms with Crippen molar-refractivity contribution in [3.05, 3.63) is 58.6 Å². The van der Waals surface area contributed by atoms with Gasteiger partial charge in [-0.15, -0.1) is 0 Å². The number of anilines is 2. The van der Waals surface area contributed by atoms with Crippen LogP contribution in [0.1, 0.15) is 6.92 Å². The number of nitro groups is 1. The summed E-state index contributed by atoms with van der Waals surface area (Å²) in [5, 5.41) is 17.2. The lowest BCUT2D eigenvalue weighted by Gasteiger charge is -2.11. The van der Waals surface area contributed by atoms with Gasteiger partial charge in [-0.2, -0.15) is 0 Å². The molecule has 0 aromatic heterocycles. The Labute approximate surface area is 133 Å². The second kappa shape index (κ2) is 7.37. The molecule has 114 valence electrons. The Kier molecular flexibility index (Phi) is 5.26. The third-order valence-corrected chi connectivity index (χ3v) is 2.96. The molecule has 0 saturated heterocycles. The number of nitrogens with zero attached hydrogens (tertiary/aromatic N) is 1. The first-order valence-corrected chi connectivity index (χ1v) is 7.05. The van der Waals surface area contributed by atoms with Crippen LogP contribution in [-0.4, -0.2) is 16.6 Å². The molecular weight excluding hydrogens is 302 g/mol. The van der Waals surface area contributed by atoms with Gasteiger partial charge >= 0.3 is 0 Å². The molecule has 0 unspecified atom stereocenters. The number of nitro benzene ring substituents is 1. The Morgan fingerprint density at radius 3 is 2.59 bits per heavy atom. The fourth-order valence-corrected chi connectivity index (χ4v) is 2.06. The van der Waals surface area contributed by atoms with E-state index >= 15 is 0 Å². The van der Waals surface area contributed by atoms with Crippen LogP contribution in [0, 0.1) is 10.1 Å². The van der Waals surface area contributed by atoms with Crippen molar-refractivity contribution in [2.75, 3.05) is 17.2 Å². The van der Waals surface area contributed by atoms with E-state index in [0.29, 0.717) is 18.0 Å². The summed E-state index contributed by atoms with van der Waals surface area (Å²) in [5.41, 5.74) is 1.01. The topological polar surface area (TPSA) is 76.4 Å². The fraction of sp³-hybridized carbons (Fsp3) is 0.133. The van der Waals surface area contributed by atoms with Gasteiger partial charge < -0.3 is 15.4 Å². The molecule has 2 aromatic rings. The highest BCUT2D eigenvalue weighted by molar-refractivity contribution is 7.80. The van der Waals surface area contributed by atoms with Crippen molar-refractivity contribution >= 4 is 34.4 Å². The van der Waals surface area contributed by atoms with Gasteiger partial charge in [0.25, 0.3) is 5.69 Å². The summed E-state index contributed by atoms with van der Waals surface area (Å²) < 4.78 is 5.27. The molecule has 22 heavy (non-hydrogen) atoms. The van der Waals surface area contributed by atoms with E-state index < -0.39 is 4.92 Å². The van der Waals surface area contributed by atoms with Crippen molar-refractivity contribution in [3.63, 3.8) is 0 Å². The largest absolute Gasteiger partial charge is 0.494 e. The van der Waals surface area contributed by atoms with Crippen LogP contribution < -0.4 is 15.4 Å². The second-order valence-electron chi connectivity index (χ2n) is 4.31. The van der Waals surface area contributed by atoms with E-state index in [-0.39, 0.29) is 10.8 Å². The van der Waals surface area contributed by atoms with Crippen molar-refractivity contribution < 1.29 is 9.66 Å². The summed E-state index contributed by atoms with van der Waals surface area (Å²) in [6, 6.07) is 13.9. The van der Waals surface area contributed by atoms with Gasteiger partial charge in [0, 0.05) is 5.69 Å². The standard InChI is InChI=1S/C15H15N3O3S/c1-2-21-12-8-9-13(14(10-12)18(19)20)17-15(22)16-11-6-4-3-5-7-11/h3-10H,2H2,1H3,(H2,16,17,22). The maximum atomic E-state index is 11.2. The highest BCUT2D eigenvalue weighted by Gasteiger charge is 2.16. The van der Waals surface area contributed by atoms with Crippen LogP contribution in [-0.2, 0) is 0 Å². The molecule has 2 rings (SSSR count). The molecule has 0 fully saturated rings. The summed E-state index contributed by atoms with van der Waals surface area (Å²) in [6.45, 7) is 2.26. The van der Waals surface area contributed by atoms with Crippen LogP contribution in [0.15, 0.2) is 48.5 Å². The van der Waals surface area contributed by atoms with Crippen LogP contribution in [0.4, 0.5) is 17.1 Å². The molecule has 0 atom stereocenters. The number of thiocarbonyl (C=S) groups is 1. The highest BCUT2D eigenvalue weighted by Crippen LogP contribution is 2.29. The van der Waals surface area contributed by atoms with Crippen molar-refractivity contribution in [3.8, 4) is 5.75 Å². The fourth-order valence-electron chi connectivity index (χ4n) is 1.83. The van der Waals surface area contributed by atoms with Gasteiger partial charge in [0.15, 0.2) is 5.11 Å². The minimum Gasteiger partial charge on any atom is -0.494 e. The van der Waals surface area contributed by atoms with E-state index in [4.69, 9.17) is 17.0 Å². The quantitative estimate of drug-likeness (QED) is 0.496. The summed E-state index contributed by atoms with van der Waals surface area (Å²) in [5.74, 6) is 0.446. The zero-order chi connectivity index (χ0) is 15.9. The van der Waals surface area contributed by atoms with E-state index in [1.807, 2.05) is 37.3 Å². The Balaban J connectivity index is 2.14. The number of hydrogen-bond acceptors (Lipinski definition) is 4. The van der Waals surface area contributed by atoms with Crippen molar-refractivity contribution in [1.82, 2.24) is 0 Å². The molecule has 0 spiro atoms. The smallest absolute Gasteiger partial charge is 0.296 e. The molecule has 0 bridgehead atoms. The van der Waals surface area contributed by atoms with Crippen molar-refractivity contribution in [2.24, 2.45) is 0 Å². The molecule has 0 aliphatic heterocycles. The highest BCUT2D eigenvalue weighted by atomic mass is 32.1. The van der Waals surface area contributed by atoms with Gasteiger partial charge in [-0.25, -0.2) is 0 Å². The third-order valence-electron chi connectivity index (χ3n) is 2.76. The van der Waals surface area contributed by atoms with E-state index in [1.54, 1.807) is 12.1 Å². The van der Waals surface area contributed by atoms with E-state index in [2.05, 4.69) is 10.6 Å². The second-order valence-corrected chi connectivity index (χ2v) is 4.72. The van der Waals surface area contributed by atoms with Gasteiger partial charge in [0.2, 0.25) is 0 Å². The predicted octanol–water partition coefficient (Wildman–Crippen LogP) is 3.80. The summed E-state index contributed by atoms with van der Waals surface area (Å²) in [6.07, 6.45) is 0. The van der Waals surface area contributed by atoms with Gasteiger partial charge in [0.05, 0.1) is 17.6 Å². The van der Waals surface area contributed by atoms with Crippen LogP contribution >= 0.6 is 12.2 Å². The van der Waals surface area contributed by atoms with E-state index in [1.165, 1.54) is 6.07 Å². The van der Waals surface area contributed by atoms with Gasteiger partial charge in [-0.1, -0.05) is 18.2 Å². The first kappa shape index (κ1) is 15.7. The number of benzene rings is 2. The Morgan fingerprint density at radius 2 is 1.95 bits per heavy atom. The van der Waals surface area contributed by atoms with E-state index in [9.17, 15) is 10.1 Å². The predicted molar refractivity (Wildman–Crippen MR) is 90.6 cm³/mol. The minimum absolute atomic E-state index is 0.0943. The Hall–Kier alpha value is -2.67. The van der Waals surface area contributed by atoms with Crippen LogP contribution in [0.5, 0.6) is 5.75 Å². The zero-order valence-corrected chi connectivity index (χ0v) is 12.7. The van der Waals surface area contributed by atoms with Crippen molar-refractivity contribution in [1.29, 1.82) is 0 Å². The molecule has 7 heteroatoms. The first-order chi connectivity index (χ1) is 10.6. The van der Waals surface area contributed by atoms with Crippen LogP contribution in [0.3, 0.4) is 0 Å². The first-order valence-electron chi connectivity index (χ1n) is 6.64. The maximum absolute atomic E-state index is 11.2. The molecule has 6 nitrogen and oxygen atoms in total. The number of hydrogen-bond donors (Lipinski definition) is 2. The lowest BCUT2D eigenvalue weighted by Crippen LogP contribution is -2.19. The maximum Gasteiger partial charge on any atom is 0.296 e. The zero-order valence-electron chi connectivity index (χ0n) is 11.9. The SMILES string of the molecule is CCOc1ccc(NC(=S)Nc2ccccc2)c([N+](=O)[O-])c1. The summed E-state index contributed by atoms with van der Waals surface area (Å²) in [4.78, 5) is 10.7. The molecule has 0 aliphatic carbocycles. The molecule has 2 aromatic carbocycles. The van der Waals surface area contributed by atoms with Gasteiger partial charge in [-0.05, 0) is 43.4 Å². The Morgan fingerprint density at radius 1 is 1.23 bits per heavy atom. The van der Waals surface area contributed by atoms with Crippen LogP contribution in [0.25, 0.3) is 0 Å². The number of nitrogens with one attached hydrogen (secondary N) is 2. The molecule has 0 aliphatic rings. The minimum atomic E-state index is -0.476. The number of rotatable bonds is 5. The average Bonchev–Trinajstić information content (AvgIpc) is 2.49. The molecule has 2 N–H and O–H groups in total. The van der Waals surface area contributed by atoms with Crippen LogP contribution in [0.2, 0.25) is 0 Å². The molecule has 0 amide bonds. The number of ether oxygens (including phenoxy) is 1. The summed E-state index contributed by atoms with van der Waals surface area (Å²) >= 11 is 5.17. The summed E-state index contributed by atoms with van der Waals surface area (Å²) in [7, 11) is 0. The lowest BCUT2D eigenvalue weighted by atomic mass is 10.2. The number of para-hydroxylation sites is 1.